The van der Waals surface area contributed by atoms with Gasteiger partial charge in [-0.15, -0.1) is 0 Å². The van der Waals surface area contributed by atoms with E-state index in [0.717, 1.165) is 16.5 Å². The van der Waals surface area contributed by atoms with Crippen molar-refractivity contribution in [2.75, 3.05) is 12.4 Å². The second-order valence-corrected chi connectivity index (χ2v) is 3.67. The Hall–Kier alpha value is -2.01. The van der Waals surface area contributed by atoms with E-state index in [4.69, 9.17) is 15.7 Å². The molecule has 0 aliphatic rings. The molecule has 2 rings (SSSR count). The van der Waals surface area contributed by atoms with E-state index in [0.29, 0.717) is 12.3 Å². The predicted octanol–water partition coefficient (Wildman–Crippen LogP) is 1.02. The van der Waals surface area contributed by atoms with Gasteiger partial charge < -0.3 is 15.7 Å². The molecular weight excluding hydrogens is 220 g/mol. The molecule has 1 aromatic heterocycles. The Balaban J connectivity index is 2.52. The number of hydrogen-bond donors (Lipinski definition) is 2. The number of fused-ring (bicyclic) bond motifs is 1. The molecule has 5 nitrogen and oxygen atoms in total. The van der Waals surface area contributed by atoms with Gasteiger partial charge >= 0.3 is 5.97 Å². The summed E-state index contributed by atoms with van der Waals surface area (Å²) in [5.74, 6) is 5.37. The summed E-state index contributed by atoms with van der Waals surface area (Å²) in [5, 5.41) is 9.84. The largest absolute Gasteiger partial charge is 0.461 e. The third-order valence-corrected chi connectivity index (χ3v) is 2.57. The van der Waals surface area contributed by atoms with Crippen LogP contribution in [0.25, 0.3) is 10.9 Å². The van der Waals surface area contributed by atoms with E-state index in [1.54, 1.807) is 31.2 Å². The third-order valence-electron chi connectivity index (χ3n) is 2.57. The predicted molar refractivity (Wildman–Crippen MR) is 64.0 cm³/mol. The molecule has 1 heterocycles. The minimum Gasteiger partial charge on any atom is -0.461 e. The maximum Gasteiger partial charge on any atom is 0.356 e. The van der Waals surface area contributed by atoms with E-state index in [1.807, 2.05) is 0 Å². The molecule has 0 aliphatic carbocycles. The minimum absolute atomic E-state index is 0.0412. The van der Waals surface area contributed by atoms with Gasteiger partial charge in [-0.3, -0.25) is 4.68 Å². The van der Waals surface area contributed by atoms with Crippen LogP contribution in [0.5, 0.6) is 0 Å². The van der Waals surface area contributed by atoms with Crippen molar-refractivity contribution in [3.8, 4) is 0 Å². The van der Waals surface area contributed by atoms with E-state index in [9.17, 15) is 4.79 Å². The average Bonchev–Trinajstić information content (AvgIpc) is 2.66. The number of carbonyl (C=O) groups excluding carboxylic acids is 1. The standard InChI is InChI=1S/C12H14N2O3/c1-2-17-12(16)11-6-9-5-8(7-15)3-4-10(9)14(11)13/h3-6,15H,2,7,13H2,1H3. The highest BCUT2D eigenvalue weighted by molar-refractivity contribution is 5.95. The molecule has 1 aromatic carbocycles. The fourth-order valence-electron chi connectivity index (χ4n) is 1.75. The highest BCUT2D eigenvalue weighted by Crippen LogP contribution is 2.20. The summed E-state index contributed by atoms with van der Waals surface area (Å²) in [5.41, 5.74) is 1.81. The minimum atomic E-state index is -0.447. The summed E-state index contributed by atoms with van der Waals surface area (Å²) in [4.78, 5) is 11.6. The Kier molecular flexibility index (Phi) is 3.01. The third kappa shape index (κ3) is 1.97. The smallest absolute Gasteiger partial charge is 0.356 e. The quantitative estimate of drug-likeness (QED) is 0.614. The number of nitrogens with zero attached hydrogens (tertiary/aromatic N) is 1. The maximum absolute atomic E-state index is 11.6. The summed E-state index contributed by atoms with van der Waals surface area (Å²) in [6, 6.07) is 6.98. The molecule has 0 radical (unpaired) electrons. The van der Waals surface area contributed by atoms with Gasteiger partial charge in [0, 0.05) is 5.39 Å². The van der Waals surface area contributed by atoms with Gasteiger partial charge in [0.25, 0.3) is 0 Å². The molecular formula is C12H14N2O3. The van der Waals surface area contributed by atoms with Crippen LogP contribution < -0.4 is 5.84 Å². The molecule has 0 saturated carbocycles. The molecule has 0 atom stereocenters. The first-order chi connectivity index (χ1) is 8.17. The van der Waals surface area contributed by atoms with Gasteiger partial charge in [-0.2, -0.15) is 0 Å². The van der Waals surface area contributed by atoms with Crippen LogP contribution in [0.1, 0.15) is 23.0 Å². The van der Waals surface area contributed by atoms with Crippen molar-refractivity contribution in [2.24, 2.45) is 0 Å². The van der Waals surface area contributed by atoms with Crippen molar-refractivity contribution < 1.29 is 14.6 Å². The first-order valence-corrected chi connectivity index (χ1v) is 5.34. The summed E-state index contributed by atoms with van der Waals surface area (Å²) in [6.07, 6.45) is 0. The molecule has 0 spiro atoms. The van der Waals surface area contributed by atoms with Crippen LogP contribution >= 0.6 is 0 Å². The Labute approximate surface area is 98.4 Å². The summed E-state index contributed by atoms with van der Waals surface area (Å²) in [7, 11) is 0. The van der Waals surface area contributed by atoms with Crippen molar-refractivity contribution in [3.63, 3.8) is 0 Å². The zero-order chi connectivity index (χ0) is 12.4. The van der Waals surface area contributed by atoms with Crippen LogP contribution in [0.15, 0.2) is 24.3 Å². The van der Waals surface area contributed by atoms with E-state index >= 15 is 0 Å². The van der Waals surface area contributed by atoms with E-state index in [-0.39, 0.29) is 6.61 Å². The lowest BCUT2D eigenvalue weighted by atomic mass is 10.2. The summed E-state index contributed by atoms with van der Waals surface area (Å²) < 4.78 is 6.21. The molecule has 0 amide bonds. The van der Waals surface area contributed by atoms with Gasteiger partial charge in [-0.1, -0.05) is 6.07 Å². The lowest BCUT2D eigenvalue weighted by Crippen LogP contribution is -2.17. The first-order valence-electron chi connectivity index (χ1n) is 5.34. The molecule has 90 valence electrons. The molecule has 17 heavy (non-hydrogen) atoms. The molecule has 0 aliphatic heterocycles. The Morgan fingerprint density at radius 3 is 2.88 bits per heavy atom. The van der Waals surface area contributed by atoms with Crippen LogP contribution in [0, 0.1) is 0 Å². The van der Waals surface area contributed by atoms with Crippen LogP contribution in [0.2, 0.25) is 0 Å². The number of rotatable bonds is 3. The van der Waals surface area contributed by atoms with E-state index in [1.165, 1.54) is 4.68 Å². The fourth-order valence-corrected chi connectivity index (χ4v) is 1.75. The SMILES string of the molecule is CCOC(=O)c1cc2cc(CO)ccc2n1N. The van der Waals surface area contributed by atoms with Crippen LogP contribution in [0.3, 0.4) is 0 Å². The number of benzene rings is 1. The van der Waals surface area contributed by atoms with Gasteiger partial charge in [-0.25, -0.2) is 4.79 Å². The lowest BCUT2D eigenvalue weighted by Gasteiger charge is -2.03. The number of carbonyl (C=O) groups is 1. The number of aliphatic hydroxyl groups is 1. The maximum atomic E-state index is 11.6. The highest BCUT2D eigenvalue weighted by atomic mass is 16.5. The van der Waals surface area contributed by atoms with Crippen LogP contribution in [-0.2, 0) is 11.3 Å². The monoisotopic (exact) mass is 234 g/mol. The van der Waals surface area contributed by atoms with Crippen LogP contribution in [0.4, 0.5) is 0 Å². The number of ether oxygens (including phenoxy) is 1. The van der Waals surface area contributed by atoms with Crippen molar-refractivity contribution in [2.45, 2.75) is 13.5 Å². The molecule has 0 fully saturated rings. The molecule has 0 unspecified atom stereocenters. The number of esters is 1. The number of nitrogens with two attached hydrogens (primary N) is 1. The molecule has 0 saturated heterocycles. The topological polar surface area (TPSA) is 77.5 Å². The second kappa shape index (κ2) is 4.47. The zero-order valence-electron chi connectivity index (χ0n) is 9.51. The fraction of sp³-hybridized carbons (Fsp3) is 0.250. The van der Waals surface area contributed by atoms with Gasteiger partial charge in [0.1, 0.15) is 5.69 Å². The second-order valence-electron chi connectivity index (χ2n) is 3.67. The Morgan fingerprint density at radius 2 is 2.24 bits per heavy atom. The van der Waals surface area contributed by atoms with E-state index < -0.39 is 5.97 Å². The van der Waals surface area contributed by atoms with Crippen molar-refractivity contribution in [1.82, 2.24) is 4.68 Å². The Morgan fingerprint density at radius 1 is 1.47 bits per heavy atom. The van der Waals surface area contributed by atoms with Gasteiger partial charge in [-0.05, 0) is 30.7 Å². The molecule has 0 bridgehead atoms. The van der Waals surface area contributed by atoms with Crippen molar-refractivity contribution >= 4 is 16.9 Å². The molecule has 5 heteroatoms. The van der Waals surface area contributed by atoms with Gasteiger partial charge in [0.2, 0.25) is 0 Å². The summed E-state index contributed by atoms with van der Waals surface area (Å²) >= 11 is 0. The zero-order valence-corrected chi connectivity index (χ0v) is 9.51. The number of aromatic nitrogens is 1. The molecule has 3 N–H and O–H groups in total. The van der Waals surface area contributed by atoms with Gasteiger partial charge in [0.05, 0.1) is 18.7 Å². The van der Waals surface area contributed by atoms with Crippen LogP contribution in [-0.4, -0.2) is 22.4 Å². The lowest BCUT2D eigenvalue weighted by molar-refractivity contribution is 0.0516. The Bertz CT molecular complexity index is 560. The highest BCUT2D eigenvalue weighted by Gasteiger charge is 2.14. The van der Waals surface area contributed by atoms with Gasteiger partial charge in [0.15, 0.2) is 0 Å². The normalized spacial score (nSPS) is 10.7. The van der Waals surface area contributed by atoms with Crippen molar-refractivity contribution in [1.29, 1.82) is 0 Å². The van der Waals surface area contributed by atoms with E-state index in [2.05, 4.69) is 0 Å². The molecule has 2 aromatic rings. The number of hydrogen-bond acceptors (Lipinski definition) is 4. The first kappa shape index (κ1) is 11.5. The average molecular weight is 234 g/mol. The number of nitrogen functional groups attached to an aromatic ring is 1. The number of aliphatic hydroxyl groups excluding tert-OH is 1. The van der Waals surface area contributed by atoms with Crippen molar-refractivity contribution in [3.05, 3.63) is 35.5 Å². The summed E-state index contributed by atoms with van der Waals surface area (Å²) in [6.45, 7) is 2.01.